The molecule has 7 N–H and O–H groups in total. The topological polar surface area (TPSA) is 164 Å². The second kappa shape index (κ2) is 8.89. The second-order valence-corrected chi connectivity index (χ2v) is 7.03. The summed E-state index contributed by atoms with van der Waals surface area (Å²) in [5.74, 6) is -0.856. The van der Waals surface area contributed by atoms with Gasteiger partial charge in [0, 0.05) is 12.8 Å². The quantitative estimate of drug-likeness (QED) is 0.294. The highest BCUT2D eigenvalue weighted by Crippen LogP contribution is 2.30. The molecule has 2 aliphatic heterocycles. The molecule has 0 aromatic carbocycles. The molecule has 2 saturated heterocycles. The van der Waals surface area contributed by atoms with E-state index in [2.05, 4.69) is 5.32 Å². The molecule has 0 aromatic heterocycles. The number of hydrogen-bond donors (Lipinski definition) is 6. The van der Waals surface area contributed by atoms with Crippen molar-refractivity contribution in [1.82, 2.24) is 5.32 Å². The van der Waals surface area contributed by atoms with E-state index in [9.17, 15) is 25.2 Å². The SMILES string of the molecule is CC(=O)NC1[C@H](O[C@@H]2C(CO)O[C@@H](C)C(N)[C@H]2O)OC(CO)[C@H](C)[C@@H]1O. The molecule has 0 bridgehead atoms. The van der Waals surface area contributed by atoms with Crippen LogP contribution in [-0.2, 0) is 19.0 Å². The molecule has 4 unspecified atom stereocenters. The van der Waals surface area contributed by atoms with E-state index in [1.807, 2.05) is 0 Å². The normalized spacial score (nSPS) is 46.8. The lowest BCUT2D eigenvalue weighted by Gasteiger charge is -2.47. The predicted octanol–water partition coefficient (Wildman–Crippen LogP) is -2.94. The van der Waals surface area contributed by atoms with Crippen molar-refractivity contribution in [2.24, 2.45) is 11.7 Å². The van der Waals surface area contributed by atoms with Gasteiger partial charge in [-0.05, 0) is 6.92 Å². The van der Waals surface area contributed by atoms with E-state index >= 15 is 0 Å². The van der Waals surface area contributed by atoms with Crippen LogP contribution >= 0.6 is 0 Å². The van der Waals surface area contributed by atoms with E-state index in [1.165, 1.54) is 6.92 Å². The number of carbonyl (C=O) groups is 1. The van der Waals surface area contributed by atoms with Crippen molar-refractivity contribution in [3.8, 4) is 0 Å². The number of nitrogens with two attached hydrogens (primary N) is 1. The fourth-order valence-electron chi connectivity index (χ4n) is 3.43. The van der Waals surface area contributed by atoms with Gasteiger partial charge in [-0.3, -0.25) is 4.79 Å². The van der Waals surface area contributed by atoms with Crippen molar-refractivity contribution in [2.45, 2.75) is 75.8 Å². The Hall–Kier alpha value is -0.850. The van der Waals surface area contributed by atoms with Gasteiger partial charge in [0.1, 0.15) is 24.4 Å². The van der Waals surface area contributed by atoms with E-state index in [0.29, 0.717) is 0 Å². The molecule has 10 nitrogen and oxygen atoms in total. The zero-order chi connectivity index (χ0) is 19.6. The molecule has 0 aliphatic carbocycles. The van der Waals surface area contributed by atoms with Gasteiger partial charge in [0.2, 0.25) is 5.91 Å². The number of carbonyl (C=O) groups excluding carboxylic acids is 1. The van der Waals surface area contributed by atoms with Crippen molar-refractivity contribution in [3.63, 3.8) is 0 Å². The summed E-state index contributed by atoms with van der Waals surface area (Å²) in [5, 5.41) is 42.6. The summed E-state index contributed by atoms with van der Waals surface area (Å²) in [6.45, 7) is 3.88. The molecule has 26 heavy (non-hydrogen) atoms. The van der Waals surface area contributed by atoms with E-state index in [1.54, 1.807) is 13.8 Å². The molecular formula is C16H30N2O8. The number of aliphatic hydroxyl groups excluding tert-OH is 4. The van der Waals surface area contributed by atoms with Gasteiger partial charge in [-0.25, -0.2) is 0 Å². The van der Waals surface area contributed by atoms with E-state index in [-0.39, 0.29) is 6.61 Å². The summed E-state index contributed by atoms with van der Waals surface area (Å²) >= 11 is 0. The van der Waals surface area contributed by atoms with Gasteiger partial charge < -0.3 is 45.7 Å². The maximum absolute atomic E-state index is 11.5. The Balaban J connectivity index is 2.22. The standard InChI is InChI=1S/C16H30N2O8/c1-6-9(4-19)25-16(12(13(6)22)18-8(3)21)26-15-10(5-20)24-7(2)11(17)14(15)23/h6-7,9-16,19-20,22-23H,4-5,17H2,1-3H3,(H,18,21)/t6-,7-,9?,10?,11?,12?,13-,14+,15+,16-/m0/s1. The first-order valence-corrected chi connectivity index (χ1v) is 8.78. The maximum Gasteiger partial charge on any atom is 0.217 e. The summed E-state index contributed by atoms with van der Waals surface area (Å²) in [5.41, 5.74) is 5.92. The van der Waals surface area contributed by atoms with Crippen LogP contribution in [0.25, 0.3) is 0 Å². The molecule has 2 heterocycles. The average Bonchev–Trinajstić information content (AvgIpc) is 2.60. The highest BCUT2D eigenvalue weighted by Gasteiger charge is 2.49. The van der Waals surface area contributed by atoms with Crippen LogP contribution in [0.2, 0.25) is 0 Å². The molecule has 0 radical (unpaired) electrons. The number of rotatable bonds is 5. The number of hydrogen-bond acceptors (Lipinski definition) is 9. The Kier molecular flexibility index (Phi) is 7.34. The zero-order valence-electron chi connectivity index (χ0n) is 15.2. The lowest BCUT2D eigenvalue weighted by molar-refractivity contribution is -0.305. The lowest BCUT2D eigenvalue weighted by Crippen LogP contribution is -2.66. The molecule has 10 atom stereocenters. The van der Waals surface area contributed by atoms with Gasteiger partial charge in [-0.1, -0.05) is 6.92 Å². The van der Waals surface area contributed by atoms with Gasteiger partial charge in [0.15, 0.2) is 6.29 Å². The second-order valence-electron chi connectivity index (χ2n) is 7.03. The third kappa shape index (κ3) is 4.34. The highest BCUT2D eigenvalue weighted by molar-refractivity contribution is 5.73. The van der Waals surface area contributed by atoms with Gasteiger partial charge in [0.05, 0.1) is 37.6 Å². The summed E-state index contributed by atoms with van der Waals surface area (Å²) in [6, 6.07) is -1.67. The minimum atomic E-state index is -1.17. The summed E-state index contributed by atoms with van der Waals surface area (Å²) in [6.07, 6.45) is -6.46. The minimum Gasteiger partial charge on any atom is -0.394 e. The van der Waals surface area contributed by atoms with Gasteiger partial charge in [0.25, 0.3) is 0 Å². The molecule has 0 aromatic rings. The Morgan fingerprint density at radius 1 is 1.12 bits per heavy atom. The molecule has 10 heteroatoms. The largest absolute Gasteiger partial charge is 0.394 e. The monoisotopic (exact) mass is 378 g/mol. The summed E-state index contributed by atoms with van der Waals surface area (Å²) in [4.78, 5) is 11.5. The fraction of sp³-hybridized carbons (Fsp3) is 0.938. The zero-order valence-corrected chi connectivity index (χ0v) is 15.2. The Bertz CT molecular complexity index is 479. The molecule has 152 valence electrons. The van der Waals surface area contributed by atoms with Crippen molar-refractivity contribution in [3.05, 3.63) is 0 Å². The molecular weight excluding hydrogens is 348 g/mol. The molecule has 2 rings (SSSR count). The predicted molar refractivity (Wildman–Crippen MR) is 88.8 cm³/mol. The first-order valence-electron chi connectivity index (χ1n) is 8.78. The fourth-order valence-corrected chi connectivity index (χ4v) is 3.43. The Morgan fingerprint density at radius 2 is 1.73 bits per heavy atom. The maximum atomic E-state index is 11.5. The molecule has 0 spiro atoms. The molecule has 1 amide bonds. The average molecular weight is 378 g/mol. The Morgan fingerprint density at radius 3 is 2.27 bits per heavy atom. The number of ether oxygens (including phenoxy) is 3. The van der Waals surface area contributed by atoms with Crippen molar-refractivity contribution < 1.29 is 39.4 Å². The summed E-state index contributed by atoms with van der Waals surface area (Å²) < 4.78 is 17.1. The Labute approximate surface area is 152 Å². The highest BCUT2D eigenvalue weighted by atomic mass is 16.7. The minimum absolute atomic E-state index is 0.353. The van der Waals surface area contributed by atoms with Gasteiger partial charge in [-0.2, -0.15) is 0 Å². The molecule has 2 fully saturated rings. The van der Waals surface area contributed by atoms with Crippen LogP contribution in [0, 0.1) is 5.92 Å². The van der Waals surface area contributed by atoms with Crippen molar-refractivity contribution in [1.29, 1.82) is 0 Å². The van der Waals surface area contributed by atoms with E-state index in [0.717, 1.165) is 0 Å². The van der Waals surface area contributed by atoms with Crippen LogP contribution in [0.3, 0.4) is 0 Å². The van der Waals surface area contributed by atoms with Crippen LogP contribution in [0.1, 0.15) is 20.8 Å². The smallest absolute Gasteiger partial charge is 0.217 e. The number of nitrogens with one attached hydrogen (secondary N) is 1. The first kappa shape index (κ1) is 21.5. The lowest BCUT2D eigenvalue weighted by atomic mass is 9.89. The van der Waals surface area contributed by atoms with Gasteiger partial charge in [-0.15, -0.1) is 0 Å². The number of aliphatic hydroxyl groups is 4. The van der Waals surface area contributed by atoms with Gasteiger partial charge >= 0.3 is 0 Å². The van der Waals surface area contributed by atoms with Crippen LogP contribution in [0.4, 0.5) is 0 Å². The molecule has 2 aliphatic rings. The summed E-state index contributed by atoms with van der Waals surface area (Å²) in [7, 11) is 0. The molecule has 0 saturated carbocycles. The van der Waals surface area contributed by atoms with Crippen molar-refractivity contribution >= 4 is 5.91 Å². The van der Waals surface area contributed by atoms with Crippen LogP contribution < -0.4 is 11.1 Å². The number of amides is 1. The van der Waals surface area contributed by atoms with Crippen LogP contribution in [-0.4, -0.2) is 94.5 Å². The van der Waals surface area contributed by atoms with E-state index < -0.39 is 73.4 Å². The van der Waals surface area contributed by atoms with Crippen molar-refractivity contribution in [2.75, 3.05) is 13.2 Å². The third-order valence-electron chi connectivity index (χ3n) is 5.15. The van der Waals surface area contributed by atoms with Crippen LogP contribution in [0.5, 0.6) is 0 Å². The third-order valence-corrected chi connectivity index (χ3v) is 5.15. The van der Waals surface area contributed by atoms with Crippen LogP contribution in [0.15, 0.2) is 0 Å². The first-order chi connectivity index (χ1) is 12.2. The van der Waals surface area contributed by atoms with E-state index in [4.69, 9.17) is 19.9 Å².